The number of hydrogen-bond acceptors (Lipinski definition) is 4. The monoisotopic (exact) mass is 371 g/mol. The Morgan fingerprint density at radius 1 is 1.27 bits per heavy atom. The van der Waals surface area contributed by atoms with E-state index in [1.54, 1.807) is 19.3 Å². The summed E-state index contributed by atoms with van der Waals surface area (Å²) in [6.07, 6.45) is 5.76. The van der Waals surface area contributed by atoms with Crippen LogP contribution in [0, 0.1) is 6.92 Å². The summed E-state index contributed by atoms with van der Waals surface area (Å²) < 4.78 is 31.6. The van der Waals surface area contributed by atoms with Crippen molar-refractivity contribution in [2.24, 2.45) is 7.05 Å². The maximum atomic E-state index is 12.8. The second-order valence-electron chi connectivity index (χ2n) is 6.60. The van der Waals surface area contributed by atoms with E-state index < -0.39 is 10.0 Å². The number of aryl methyl sites for hydroxylation is 2. The highest BCUT2D eigenvalue weighted by Crippen LogP contribution is 2.39. The van der Waals surface area contributed by atoms with Crippen LogP contribution in [-0.4, -0.2) is 27.7 Å². The molecule has 7 nitrogen and oxygen atoms in total. The van der Waals surface area contributed by atoms with Crippen LogP contribution in [0.25, 0.3) is 5.69 Å². The lowest BCUT2D eigenvalue weighted by atomic mass is 10.2. The van der Waals surface area contributed by atoms with Crippen molar-refractivity contribution in [3.05, 3.63) is 59.8 Å². The zero-order valence-electron chi connectivity index (χ0n) is 14.8. The Morgan fingerprint density at radius 3 is 2.73 bits per heavy atom. The molecule has 3 aromatic rings. The van der Waals surface area contributed by atoms with Gasteiger partial charge in [-0.25, -0.2) is 18.1 Å². The average Bonchev–Trinajstić information content (AvgIpc) is 3.26. The molecule has 0 atom stereocenters. The molecule has 1 aromatic carbocycles. The molecule has 4 rings (SSSR count). The summed E-state index contributed by atoms with van der Waals surface area (Å²) in [6.45, 7) is 2.11. The molecule has 1 saturated carbocycles. The number of aromatic nitrogens is 4. The van der Waals surface area contributed by atoms with Gasteiger partial charge >= 0.3 is 0 Å². The van der Waals surface area contributed by atoms with E-state index in [1.165, 1.54) is 4.68 Å². The Hall–Kier alpha value is -2.45. The quantitative estimate of drug-likeness (QED) is 0.721. The molecule has 0 amide bonds. The highest BCUT2D eigenvalue weighted by atomic mass is 32.2. The predicted molar refractivity (Wildman–Crippen MR) is 97.5 cm³/mol. The van der Waals surface area contributed by atoms with Crippen LogP contribution in [0.5, 0.6) is 0 Å². The lowest BCUT2D eigenvalue weighted by Gasteiger charge is -2.13. The fourth-order valence-electron chi connectivity index (χ4n) is 3.08. The van der Waals surface area contributed by atoms with Crippen molar-refractivity contribution in [2.75, 3.05) is 0 Å². The fourth-order valence-corrected chi connectivity index (χ4v) is 4.23. The third-order valence-electron chi connectivity index (χ3n) is 4.66. The molecule has 26 heavy (non-hydrogen) atoms. The van der Waals surface area contributed by atoms with Crippen molar-refractivity contribution >= 4 is 10.0 Å². The molecule has 1 N–H and O–H groups in total. The zero-order valence-corrected chi connectivity index (χ0v) is 15.6. The van der Waals surface area contributed by atoms with Gasteiger partial charge in [-0.05, 0) is 31.4 Å². The first-order valence-electron chi connectivity index (χ1n) is 8.57. The first-order chi connectivity index (χ1) is 12.5. The number of nitrogens with zero attached hydrogens (tertiary/aromatic N) is 4. The molecule has 0 saturated heterocycles. The lowest BCUT2D eigenvalue weighted by molar-refractivity contribution is 0.562. The van der Waals surface area contributed by atoms with Gasteiger partial charge in [0.2, 0.25) is 0 Å². The van der Waals surface area contributed by atoms with Crippen LogP contribution >= 0.6 is 0 Å². The second-order valence-corrected chi connectivity index (χ2v) is 8.32. The molecule has 8 heteroatoms. The topological polar surface area (TPSA) is 81.8 Å². The molecule has 0 unspecified atom stereocenters. The van der Waals surface area contributed by atoms with Gasteiger partial charge in [-0.1, -0.05) is 18.2 Å². The number of imidazole rings is 1. The van der Waals surface area contributed by atoms with E-state index in [0.29, 0.717) is 5.92 Å². The summed E-state index contributed by atoms with van der Waals surface area (Å²) in [6, 6.07) is 9.38. The average molecular weight is 371 g/mol. The number of rotatable bonds is 6. The molecule has 0 spiro atoms. The summed E-state index contributed by atoms with van der Waals surface area (Å²) in [5, 5.41) is 4.55. The minimum atomic E-state index is -3.64. The van der Waals surface area contributed by atoms with Gasteiger partial charge in [-0.15, -0.1) is 0 Å². The van der Waals surface area contributed by atoms with Crippen LogP contribution in [0.4, 0.5) is 0 Å². The van der Waals surface area contributed by atoms with Gasteiger partial charge in [0.15, 0.2) is 5.03 Å². The molecule has 1 aliphatic carbocycles. The molecule has 0 radical (unpaired) electrons. The Bertz CT molecular complexity index is 1050. The van der Waals surface area contributed by atoms with Crippen LogP contribution in [0.1, 0.15) is 35.8 Å². The van der Waals surface area contributed by atoms with E-state index in [9.17, 15) is 8.42 Å². The Labute approximate surface area is 152 Å². The van der Waals surface area contributed by atoms with Crippen LogP contribution in [0.15, 0.2) is 47.8 Å². The number of nitrogens with one attached hydrogen (secondary N) is 1. The standard InChI is InChI=1S/C18H21N5O2S/c1-13-19-9-10-23(13)17-6-4-3-5-15(17)12-20-26(24,25)18-11-16(14-7-8-14)21-22(18)2/h3-6,9-11,14,20H,7-8,12H2,1-2H3. The van der Waals surface area contributed by atoms with E-state index in [1.807, 2.05) is 42.0 Å². The van der Waals surface area contributed by atoms with Crippen molar-refractivity contribution < 1.29 is 8.42 Å². The molecule has 2 heterocycles. The first-order valence-corrected chi connectivity index (χ1v) is 10.1. The molecule has 1 aliphatic rings. The molecule has 136 valence electrons. The van der Waals surface area contributed by atoms with Crippen LogP contribution in [0.3, 0.4) is 0 Å². The van der Waals surface area contributed by atoms with Gasteiger partial charge in [0.25, 0.3) is 10.0 Å². The Morgan fingerprint density at radius 2 is 2.04 bits per heavy atom. The van der Waals surface area contributed by atoms with E-state index >= 15 is 0 Å². The van der Waals surface area contributed by atoms with E-state index in [-0.39, 0.29) is 11.6 Å². The summed E-state index contributed by atoms with van der Waals surface area (Å²) in [5.74, 6) is 1.26. The van der Waals surface area contributed by atoms with Crippen molar-refractivity contribution in [3.63, 3.8) is 0 Å². The lowest BCUT2D eigenvalue weighted by Crippen LogP contribution is -2.26. The summed E-state index contributed by atoms with van der Waals surface area (Å²) in [7, 11) is -1.97. The van der Waals surface area contributed by atoms with Gasteiger partial charge in [-0.3, -0.25) is 4.68 Å². The third-order valence-corrected chi connectivity index (χ3v) is 6.11. The van der Waals surface area contributed by atoms with Crippen molar-refractivity contribution in [1.82, 2.24) is 24.1 Å². The summed E-state index contributed by atoms with van der Waals surface area (Å²) in [4.78, 5) is 4.24. The normalized spacial score (nSPS) is 14.7. The van der Waals surface area contributed by atoms with Crippen LogP contribution < -0.4 is 4.72 Å². The van der Waals surface area contributed by atoms with Gasteiger partial charge in [0, 0.05) is 38.0 Å². The molecule has 1 fully saturated rings. The first kappa shape index (κ1) is 17.0. The second kappa shape index (κ2) is 6.37. The van der Waals surface area contributed by atoms with E-state index in [0.717, 1.165) is 35.6 Å². The smallest absolute Gasteiger partial charge is 0.258 e. The van der Waals surface area contributed by atoms with Crippen LogP contribution in [0.2, 0.25) is 0 Å². The number of hydrogen-bond donors (Lipinski definition) is 1. The maximum absolute atomic E-state index is 12.8. The predicted octanol–water partition coefficient (Wildman–Crippen LogP) is 2.27. The minimum absolute atomic E-state index is 0.195. The van der Waals surface area contributed by atoms with Crippen LogP contribution in [-0.2, 0) is 23.6 Å². The third kappa shape index (κ3) is 3.17. The van der Waals surface area contributed by atoms with Gasteiger partial charge in [0.05, 0.1) is 11.4 Å². The number of sulfonamides is 1. The molecular formula is C18H21N5O2S. The van der Waals surface area contributed by atoms with E-state index in [2.05, 4.69) is 14.8 Å². The highest BCUT2D eigenvalue weighted by molar-refractivity contribution is 7.89. The fraction of sp³-hybridized carbons (Fsp3) is 0.333. The minimum Gasteiger partial charge on any atom is -0.304 e. The molecular weight excluding hydrogens is 350 g/mol. The summed E-state index contributed by atoms with van der Waals surface area (Å²) >= 11 is 0. The Balaban J connectivity index is 1.58. The largest absolute Gasteiger partial charge is 0.304 e. The summed E-state index contributed by atoms with van der Waals surface area (Å²) in [5.41, 5.74) is 2.65. The van der Waals surface area contributed by atoms with Crippen molar-refractivity contribution in [2.45, 2.75) is 37.3 Å². The maximum Gasteiger partial charge on any atom is 0.258 e. The highest BCUT2D eigenvalue weighted by Gasteiger charge is 2.29. The van der Waals surface area contributed by atoms with Gasteiger partial charge < -0.3 is 4.57 Å². The van der Waals surface area contributed by atoms with Crippen molar-refractivity contribution in [1.29, 1.82) is 0 Å². The van der Waals surface area contributed by atoms with Gasteiger partial charge in [-0.2, -0.15) is 5.10 Å². The number of para-hydroxylation sites is 1. The van der Waals surface area contributed by atoms with Gasteiger partial charge in [0.1, 0.15) is 5.82 Å². The number of benzene rings is 1. The zero-order chi connectivity index (χ0) is 18.3. The SMILES string of the molecule is Cc1nccn1-c1ccccc1CNS(=O)(=O)c1cc(C2CC2)nn1C. The van der Waals surface area contributed by atoms with Crippen molar-refractivity contribution in [3.8, 4) is 5.69 Å². The molecule has 2 aromatic heterocycles. The van der Waals surface area contributed by atoms with E-state index in [4.69, 9.17) is 0 Å². The Kier molecular flexibility index (Phi) is 4.16. The molecule has 0 bridgehead atoms. The molecule has 0 aliphatic heterocycles.